The first-order chi connectivity index (χ1) is 11.4. The second-order valence-corrected chi connectivity index (χ2v) is 7.85. The van der Waals surface area contributed by atoms with Crippen molar-refractivity contribution in [3.63, 3.8) is 0 Å². The number of nitro benzene ring substituents is 1. The van der Waals surface area contributed by atoms with Gasteiger partial charge in [0.25, 0.3) is 5.69 Å². The highest BCUT2D eigenvalue weighted by Crippen LogP contribution is 2.32. The highest BCUT2D eigenvalue weighted by Gasteiger charge is 2.41. The average Bonchev–Trinajstić information content (AvgIpc) is 3.08. The van der Waals surface area contributed by atoms with Crippen LogP contribution in [0.3, 0.4) is 0 Å². The zero-order valence-electron chi connectivity index (χ0n) is 13.4. The lowest BCUT2D eigenvalue weighted by molar-refractivity contribution is -0.385. The zero-order valence-corrected chi connectivity index (χ0v) is 14.2. The topological polar surface area (TPSA) is 99.0 Å². The van der Waals surface area contributed by atoms with Gasteiger partial charge < -0.3 is 9.47 Å². The van der Waals surface area contributed by atoms with E-state index in [1.807, 2.05) is 0 Å². The van der Waals surface area contributed by atoms with Gasteiger partial charge in [0.05, 0.1) is 29.1 Å². The van der Waals surface area contributed by atoms with Gasteiger partial charge in [0, 0.05) is 18.7 Å². The van der Waals surface area contributed by atoms with Gasteiger partial charge in [-0.05, 0) is 31.4 Å². The zero-order chi connectivity index (χ0) is 17.3. The number of hydrogen-bond donors (Lipinski definition) is 0. The number of aryl methyl sites for hydroxylation is 1. The summed E-state index contributed by atoms with van der Waals surface area (Å²) in [5.41, 5.74) is 0.242. The molecule has 1 aromatic carbocycles. The van der Waals surface area contributed by atoms with Crippen LogP contribution in [0.25, 0.3) is 0 Å². The summed E-state index contributed by atoms with van der Waals surface area (Å²) in [4.78, 5) is 10.4. The number of piperidine rings is 1. The predicted octanol–water partition coefficient (Wildman–Crippen LogP) is 1.82. The van der Waals surface area contributed by atoms with Crippen molar-refractivity contribution in [3.8, 4) is 0 Å². The van der Waals surface area contributed by atoms with Crippen LogP contribution < -0.4 is 0 Å². The van der Waals surface area contributed by atoms with Crippen molar-refractivity contribution in [3.05, 3.63) is 33.9 Å². The van der Waals surface area contributed by atoms with Crippen molar-refractivity contribution in [2.45, 2.75) is 43.4 Å². The molecule has 0 saturated carbocycles. The third-order valence-electron chi connectivity index (χ3n) is 4.42. The Bertz CT molecular complexity index is 729. The van der Waals surface area contributed by atoms with E-state index < -0.39 is 21.2 Å². The van der Waals surface area contributed by atoms with Gasteiger partial charge in [-0.3, -0.25) is 10.1 Å². The Morgan fingerprint density at radius 3 is 2.58 bits per heavy atom. The Kier molecular flexibility index (Phi) is 4.86. The quantitative estimate of drug-likeness (QED) is 0.603. The maximum absolute atomic E-state index is 13.1. The number of nitro groups is 1. The highest BCUT2D eigenvalue weighted by atomic mass is 32.2. The maximum Gasteiger partial charge on any atom is 0.269 e. The number of non-ortho nitro benzene ring substituents is 1. The Morgan fingerprint density at radius 1 is 1.25 bits per heavy atom. The fourth-order valence-electron chi connectivity index (χ4n) is 3.26. The molecule has 0 aliphatic carbocycles. The SMILES string of the molecule is Cc1cc([N+](=O)[O-])ccc1S(=O)(=O)N1CCCCC1C1OCCO1. The van der Waals surface area contributed by atoms with Crippen LogP contribution in [0.15, 0.2) is 23.1 Å². The van der Waals surface area contributed by atoms with Crippen molar-refractivity contribution in [2.75, 3.05) is 19.8 Å². The van der Waals surface area contributed by atoms with Gasteiger partial charge in [-0.15, -0.1) is 0 Å². The van der Waals surface area contributed by atoms with Crippen LogP contribution in [0.2, 0.25) is 0 Å². The summed E-state index contributed by atoms with van der Waals surface area (Å²) in [5, 5.41) is 10.9. The Morgan fingerprint density at radius 2 is 1.96 bits per heavy atom. The van der Waals surface area contributed by atoms with Gasteiger partial charge in [-0.25, -0.2) is 8.42 Å². The molecule has 132 valence electrons. The van der Waals surface area contributed by atoms with E-state index >= 15 is 0 Å². The standard InChI is InChI=1S/C15H20N2O6S/c1-11-10-12(17(18)19)5-6-14(11)24(20,21)16-7-3-2-4-13(16)15-22-8-9-23-15/h5-6,10,13,15H,2-4,7-9H2,1H3. The number of sulfonamides is 1. The van der Waals surface area contributed by atoms with E-state index in [0.29, 0.717) is 31.7 Å². The molecule has 0 N–H and O–H groups in total. The fourth-order valence-corrected chi connectivity index (χ4v) is 5.15. The minimum atomic E-state index is -3.77. The van der Waals surface area contributed by atoms with Gasteiger partial charge in [0.2, 0.25) is 10.0 Å². The molecular formula is C15H20N2O6S. The lowest BCUT2D eigenvalue weighted by atomic mass is 10.0. The summed E-state index contributed by atoms with van der Waals surface area (Å²) in [6.07, 6.45) is 1.82. The molecule has 1 atom stereocenters. The van der Waals surface area contributed by atoms with Crippen LogP contribution in [-0.4, -0.2) is 49.7 Å². The molecular weight excluding hydrogens is 336 g/mol. The molecule has 1 unspecified atom stereocenters. The van der Waals surface area contributed by atoms with E-state index in [1.165, 1.54) is 22.5 Å². The van der Waals surface area contributed by atoms with E-state index in [1.54, 1.807) is 6.92 Å². The van der Waals surface area contributed by atoms with Crippen molar-refractivity contribution < 1.29 is 22.8 Å². The monoisotopic (exact) mass is 356 g/mol. The highest BCUT2D eigenvalue weighted by molar-refractivity contribution is 7.89. The normalized spacial score (nSPS) is 23.5. The van der Waals surface area contributed by atoms with Gasteiger partial charge in [-0.2, -0.15) is 4.31 Å². The van der Waals surface area contributed by atoms with Gasteiger partial charge >= 0.3 is 0 Å². The molecule has 3 rings (SSSR count). The number of rotatable bonds is 4. The number of hydrogen-bond acceptors (Lipinski definition) is 6. The molecule has 2 saturated heterocycles. The van der Waals surface area contributed by atoms with E-state index in [-0.39, 0.29) is 16.6 Å². The van der Waals surface area contributed by atoms with Crippen molar-refractivity contribution >= 4 is 15.7 Å². The molecule has 24 heavy (non-hydrogen) atoms. The van der Waals surface area contributed by atoms with Crippen molar-refractivity contribution in [2.24, 2.45) is 0 Å². The second kappa shape index (κ2) is 6.75. The molecule has 9 heteroatoms. The third-order valence-corrected chi connectivity index (χ3v) is 6.50. The number of ether oxygens (including phenoxy) is 2. The van der Waals surface area contributed by atoms with Crippen LogP contribution in [0.5, 0.6) is 0 Å². The summed E-state index contributed by atoms with van der Waals surface area (Å²) in [5.74, 6) is 0. The number of benzene rings is 1. The second-order valence-electron chi connectivity index (χ2n) is 6.00. The van der Waals surface area contributed by atoms with Crippen molar-refractivity contribution in [1.29, 1.82) is 0 Å². The summed E-state index contributed by atoms with van der Waals surface area (Å²) < 4.78 is 38.7. The summed E-state index contributed by atoms with van der Waals surface area (Å²) in [7, 11) is -3.77. The molecule has 0 radical (unpaired) electrons. The average molecular weight is 356 g/mol. The molecule has 2 aliphatic rings. The summed E-state index contributed by atoms with van der Waals surface area (Å²) >= 11 is 0. The smallest absolute Gasteiger partial charge is 0.269 e. The molecule has 0 bridgehead atoms. The lowest BCUT2D eigenvalue weighted by Gasteiger charge is -2.37. The van der Waals surface area contributed by atoms with Crippen LogP contribution in [0, 0.1) is 17.0 Å². The molecule has 2 fully saturated rings. The van der Waals surface area contributed by atoms with E-state index in [2.05, 4.69) is 0 Å². The number of nitrogens with zero attached hydrogens (tertiary/aromatic N) is 2. The van der Waals surface area contributed by atoms with Gasteiger partial charge in [0.15, 0.2) is 6.29 Å². The molecule has 8 nitrogen and oxygen atoms in total. The van der Waals surface area contributed by atoms with Crippen LogP contribution in [0.4, 0.5) is 5.69 Å². The molecule has 0 amide bonds. The predicted molar refractivity (Wildman–Crippen MR) is 85.1 cm³/mol. The van der Waals surface area contributed by atoms with Gasteiger partial charge in [0.1, 0.15) is 0 Å². The lowest BCUT2D eigenvalue weighted by Crippen LogP contribution is -2.50. The summed E-state index contributed by atoms with van der Waals surface area (Å²) in [6, 6.07) is 3.46. The molecule has 1 aromatic rings. The first kappa shape index (κ1) is 17.3. The first-order valence-corrected chi connectivity index (χ1v) is 9.35. The molecule has 0 spiro atoms. The minimum Gasteiger partial charge on any atom is -0.349 e. The van der Waals surface area contributed by atoms with E-state index in [9.17, 15) is 18.5 Å². The molecule has 2 heterocycles. The third kappa shape index (κ3) is 3.16. The largest absolute Gasteiger partial charge is 0.349 e. The summed E-state index contributed by atoms with van der Waals surface area (Å²) in [6.45, 7) is 2.89. The van der Waals surface area contributed by atoms with Gasteiger partial charge in [-0.1, -0.05) is 6.42 Å². The van der Waals surface area contributed by atoms with Crippen molar-refractivity contribution in [1.82, 2.24) is 4.31 Å². The maximum atomic E-state index is 13.1. The van der Waals surface area contributed by atoms with Crippen LogP contribution in [0.1, 0.15) is 24.8 Å². The molecule has 0 aromatic heterocycles. The Labute approximate surface area is 140 Å². The Balaban J connectivity index is 1.94. The van der Waals surface area contributed by atoms with E-state index in [0.717, 1.165) is 12.8 Å². The van der Waals surface area contributed by atoms with E-state index in [4.69, 9.17) is 9.47 Å². The Hall–Kier alpha value is -1.55. The van der Waals surface area contributed by atoms with Crippen LogP contribution >= 0.6 is 0 Å². The minimum absolute atomic E-state index is 0.0954. The fraction of sp³-hybridized carbons (Fsp3) is 0.600. The molecule has 2 aliphatic heterocycles. The van der Waals surface area contributed by atoms with Crippen LogP contribution in [-0.2, 0) is 19.5 Å². The first-order valence-electron chi connectivity index (χ1n) is 7.91.